The average molecular weight is 248 g/mol. The van der Waals surface area contributed by atoms with Gasteiger partial charge in [0.1, 0.15) is 0 Å². The minimum atomic E-state index is 0.339. The zero-order valence-corrected chi connectivity index (χ0v) is 11.7. The van der Waals surface area contributed by atoms with E-state index in [1.54, 1.807) is 0 Å². The molecule has 1 N–H and O–H groups in total. The van der Waals surface area contributed by atoms with Gasteiger partial charge in [-0.25, -0.2) is 0 Å². The summed E-state index contributed by atoms with van der Waals surface area (Å²) in [6.45, 7) is 8.92. The summed E-state index contributed by atoms with van der Waals surface area (Å²) in [5, 5.41) is 8.16. The third-order valence-corrected chi connectivity index (χ3v) is 4.47. The average Bonchev–Trinajstić information content (AvgIpc) is 3.08. The maximum absolute atomic E-state index is 4.43. The Kier molecular flexibility index (Phi) is 2.94. The standard InChI is InChI=1S/C14H24N4/c1-11-8-13(17(3)16-11)9-18-7-6-15-14(2,10-18)12-4-5-12/h8,12,15H,4-7,9-10H2,1-3H3. The zero-order valence-electron chi connectivity index (χ0n) is 11.7. The van der Waals surface area contributed by atoms with Crippen molar-refractivity contribution < 1.29 is 0 Å². The molecule has 1 aromatic rings. The molecule has 0 radical (unpaired) electrons. The maximum Gasteiger partial charge on any atom is 0.0597 e. The molecule has 1 unspecified atom stereocenters. The third kappa shape index (κ3) is 2.31. The van der Waals surface area contributed by atoms with Crippen LogP contribution in [0.2, 0.25) is 0 Å². The number of aromatic nitrogens is 2. The van der Waals surface area contributed by atoms with Gasteiger partial charge < -0.3 is 5.32 Å². The Morgan fingerprint density at radius 3 is 2.89 bits per heavy atom. The SMILES string of the molecule is Cc1cc(CN2CCNC(C)(C3CC3)C2)n(C)n1. The van der Waals surface area contributed by atoms with Gasteiger partial charge in [-0.2, -0.15) is 5.10 Å². The molecule has 2 heterocycles. The molecule has 2 aliphatic rings. The monoisotopic (exact) mass is 248 g/mol. The number of hydrogen-bond acceptors (Lipinski definition) is 3. The summed E-state index contributed by atoms with van der Waals surface area (Å²) in [6.07, 6.45) is 2.81. The van der Waals surface area contributed by atoms with Gasteiger partial charge in [-0.15, -0.1) is 0 Å². The van der Waals surface area contributed by atoms with Crippen LogP contribution in [0.5, 0.6) is 0 Å². The highest BCUT2D eigenvalue weighted by Gasteiger charge is 2.43. The number of hydrogen-bond donors (Lipinski definition) is 1. The van der Waals surface area contributed by atoms with E-state index in [9.17, 15) is 0 Å². The number of aryl methyl sites for hydroxylation is 2. The molecule has 2 fully saturated rings. The molecule has 1 saturated carbocycles. The Bertz CT molecular complexity index is 435. The molecule has 1 aliphatic carbocycles. The van der Waals surface area contributed by atoms with Crippen LogP contribution in [-0.4, -0.2) is 39.9 Å². The van der Waals surface area contributed by atoms with E-state index < -0.39 is 0 Å². The Hall–Kier alpha value is -0.870. The van der Waals surface area contributed by atoms with Crippen LogP contribution < -0.4 is 5.32 Å². The topological polar surface area (TPSA) is 33.1 Å². The lowest BCUT2D eigenvalue weighted by Crippen LogP contribution is -2.59. The first kappa shape index (κ1) is 12.2. The van der Waals surface area contributed by atoms with E-state index in [-0.39, 0.29) is 0 Å². The summed E-state index contributed by atoms with van der Waals surface area (Å²) >= 11 is 0. The molecular weight excluding hydrogens is 224 g/mol. The molecule has 0 spiro atoms. The van der Waals surface area contributed by atoms with Crippen molar-refractivity contribution in [2.75, 3.05) is 19.6 Å². The molecule has 100 valence electrons. The highest BCUT2D eigenvalue weighted by Crippen LogP contribution is 2.40. The number of piperazine rings is 1. The van der Waals surface area contributed by atoms with Crippen LogP contribution >= 0.6 is 0 Å². The minimum absolute atomic E-state index is 0.339. The summed E-state index contributed by atoms with van der Waals surface area (Å²) in [6, 6.07) is 2.20. The van der Waals surface area contributed by atoms with Gasteiger partial charge in [0, 0.05) is 38.8 Å². The van der Waals surface area contributed by atoms with Crippen molar-refractivity contribution in [3.63, 3.8) is 0 Å². The largest absolute Gasteiger partial charge is 0.309 e. The lowest BCUT2D eigenvalue weighted by Gasteiger charge is -2.42. The fourth-order valence-corrected chi connectivity index (χ4v) is 3.27. The molecule has 4 nitrogen and oxygen atoms in total. The van der Waals surface area contributed by atoms with Crippen LogP contribution in [0.25, 0.3) is 0 Å². The van der Waals surface area contributed by atoms with Crippen LogP contribution in [0.15, 0.2) is 6.07 Å². The molecule has 0 aromatic carbocycles. The molecule has 0 bridgehead atoms. The van der Waals surface area contributed by atoms with Crippen LogP contribution in [0, 0.1) is 12.8 Å². The molecule has 1 aromatic heterocycles. The predicted octanol–water partition coefficient (Wildman–Crippen LogP) is 1.30. The van der Waals surface area contributed by atoms with E-state index in [0.29, 0.717) is 5.54 Å². The molecule has 1 aliphatic heterocycles. The second kappa shape index (κ2) is 4.35. The van der Waals surface area contributed by atoms with E-state index in [2.05, 4.69) is 35.2 Å². The smallest absolute Gasteiger partial charge is 0.0597 e. The number of nitrogens with one attached hydrogen (secondary N) is 1. The number of rotatable bonds is 3. The highest BCUT2D eigenvalue weighted by molar-refractivity contribution is 5.10. The highest BCUT2D eigenvalue weighted by atomic mass is 15.3. The van der Waals surface area contributed by atoms with Gasteiger partial charge in [-0.05, 0) is 38.7 Å². The molecular formula is C14H24N4. The molecule has 18 heavy (non-hydrogen) atoms. The molecule has 0 amide bonds. The second-order valence-electron chi connectivity index (χ2n) is 6.23. The predicted molar refractivity (Wildman–Crippen MR) is 72.4 cm³/mol. The Labute approximate surface area is 109 Å². The fourth-order valence-electron chi connectivity index (χ4n) is 3.27. The lowest BCUT2D eigenvalue weighted by atomic mass is 9.93. The van der Waals surface area contributed by atoms with Gasteiger partial charge in [0.15, 0.2) is 0 Å². The van der Waals surface area contributed by atoms with Crippen LogP contribution in [0.4, 0.5) is 0 Å². The van der Waals surface area contributed by atoms with E-state index in [0.717, 1.165) is 31.2 Å². The van der Waals surface area contributed by atoms with Crippen molar-refractivity contribution in [3.8, 4) is 0 Å². The van der Waals surface area contributed by atoms with Gasteiger partial charge in [-0.3, -0.25) is 9.58 Å². The van der Waals surface area contributed by atoms with Crippen molar-refractivity contribution in [2.45, 2.75) is 38.8 Å². The van der Waals surface area contributed by atoms with Crippen molar-refractivity contribution in [2.24, 2.45) is 13.0 Å². The van der Waals surface area contributed by atoms with Crippen LogP contribution in [0.1, 0.15) is 31.2 Å². The lowest BCUT2D eigenvalue weighted by molar-refractivity contribution is 0.119. The Balaban J connectivity index is 1.67. The van der Waals surface area contributed by atoms with Gasteiger partial charge >= 0.3 is 0 Å². The van der Waals surface area contributed by atoms with E-state index in [1.807, 2.05) is 11.7 Å². The van der Waals surface area contributed by atoms with Gasteiger partial charge in [0.05, 0.1) is 11.4 Å². The zero-order chi connectivity index (χ0) is 12.8. The van der Waals surface area contributed by atoms with Crippen molar-refractivity contribution in [3.05, 3.63) is 17.5 Å². The first-order valence-corrected chi connectivity index (χ1v) is 7.04. The van der Waals surface area contributed by atoms with Crippen LogP contribution in [-0.2, 0) is 13.6 Å². The maximum atomic E-state index is 4.43. The number of nitrogens with zero attached hydrogens (tertiary/aromatic N) is 3. The van der Waals surface area contributed by atoms with Gasteiger partial charge in [0.25, 0.3) is 0 Å². The van der Waals surface area contributed by atoms with E-state index in [4.69, 9.17) is 0 Å². The minimum Gasteiger partial charge on any atom is -0.309 e. The van der Waals surface area contributed by atoms with Gasteiger partial charge in [0.2, 0.25) is 0 Å². The molecule has 1 atom stereocenters. The summed E-state index contributed by atoms with van der Waals surface area (Å²) in [5.74, 6) is 0.897. The molecule has 4 heteroatoms. The third-order valence-electron chi connectivity index (χ3n) is 4.47. The van der Waals surface area contributed by atoms with Gasteiger partial charge in [-0.1, -0.05) is 0 Å². The first-order valence-electron chi connectivity index (χ1n) is 7.04. The Morgan fingerprint density at radius 1 is 1.50 bits per heavy atom. The fraction of sp³-hybridized carbons (Fsp3) is 0.786. The van der Waals surface area contributed by atoms with Crippen LogP contribution in [0.3, 0.4) is 0 Å². The quantitative estimate of drug-likeness (QED) is 0.875. The normalized spacial score (nSPS) is 29.7. The molecule has 3 rings (SSSR count). The van der Waals surface area contributed by atoms with Crippen molar-refractivity contribution >= 4 is 0 Å². The van der Waals surface area contributed by atoms with Crippen molar-refractivity contribution in [1.82, 2.24) is 20.0 Å². The Morgan fingerprint density at radius 2 is 2.28 bits per heavy atom. The van der Waals surface area contributed by atoms with E-state index >= 15 is 0 Å². The molecule has 1 saturated heterocycles. The second-order valence-corrected chi connectivity index (χ2v) is 6.23. The first-order chi connectivity index (χ1) is 8.57. The summed E-state index contributed by atoms with van der Waals surface area (Å²) in [5.41, 5.74) is 2.78. The van der Waals surface area contributed by atoms with Crippen molar-refractivity contribution in [1.29, 1.82) is 0 Å². The van der Waals surface area contributed by atoms with E-state index in [1.165, 1.54) is 25.1 Å². The summed E-state index contributed by atoms with van der Waals surface area (Å²) < 4.78 is 2.02. The summed E-state index contributed by atoms with van der Waals surface area (Å²) in [7, 11) is 2.05. The summed E-state index contributed by atoms with van der Waals surface area (Å²) in [4.78, 5) is 2.57.